The van der Waals surface area contributed by atoms with E-state index < -0.39 is 18.0 Å². The van der Waals surface area contributed by atoms with Crippen LogP contribution in [0.3, 0.4) is 0 Å². The highest BCUT2D eigenvalue weighted by Crippen LogP contribution is 2.23. The molecule has 35 heavy (non-hydrogen) atoms. The number of nitriles is 1. The fraction of sp³-hybridized carbons (Fsp3) is 0.148. The lowest BCUT2D eigenvalue weighted by atomic mass is 10.0. The Labute approximate surface area is 203 Å². The van der Waals surface area contributed by atoms with Crippen LogP contribution >= 0.6 is 0 Å². The third-order valence-corrected chi connectivity index (χ3v) is 5.50. The average Bonchev–Trinajstić information content (AvgIpc) is 3.29. The molecule has 0 radical (unpaired) electrons. The van der Waals surface area contributed by atoms with Crippen LogP contribution in [0.5, 0.6) is 11.5 Å². The van der Waals surface area contributed by atoms with Gasteiger partial charge in [0.1, 0.15) is 17.5 Å². The predicted molar refractivity (Wildman–Crippen MR) is 134 cm³/mol. The molecule has 4 rings (SSSR count). The summed E-state index contributed by atoms with van der Waals surface area (Å²) in [5, 5.41) is 15.8. The number of benzene rings is 3. The Morgan fingerprint density at radius 1 is 1.00 bits per heavy atom. The summed E-state index contributed by atoms with van der Waals surface area (Å²) < 4.78 is 5.77. The van der Waals surface area contributed by atoms with Crippen LogP contribution in [0.15, 0.2) is 85.1 Å². The van der Waals surface area contributed by atoms with Crippen LogP contribution in [0.25, 0.3) is 10.9 Å². The van der Waals surface area contributed by atoms with Crippen LogP contribution in [0.4, 0.5) is 10.5 Å². The molecular formula is C27H25N5O3. The van der Waals surface area contributed by atoms with Gasteiger partial charge < -0.3 is 20.4 Å². The van der Waals surface area contributed by atoms with Crippen LogP contribution in [-0.2, 0) is 11.2 Å². The number of anilines is 1. The molecule has 0 aliphatic rings. The van der Waals surface area contributed by atoms with Crippen LogP contribution in [0, 0.1) is 11.5 Å². The summed E-state index contributed by atoms with van der Waals surface area (Å²) in [5.41, 5.74) is 2.34. The van der Waals surface area contributed by atoms with Gasteiger partial charge in [-0.15, -0.1) is 0 Å². The zero-order valence-corrected chi connectivity index (χ0v) is 19.2. The molecule has 0 aliphatic carbocycles. The van der Waals surface area contributed by atoms with Gasteiger partial charge in [-0.2, -0.15) is 5.26 Å². The van der Waals surface area contributed by atoms with Crippen molar-refractivity contribution in [1.29, 1.82) is 5.26 Å². The Morgan fingerprint density at radius 2 is 1.69 bits per heavy atom. The lowest BCUT2D eigenvalue weighted by molar-refractivity contribution is -0.129. The molecule has 1 atom stereocenters. The van der Waals surface area contributed by atoms with E-state index in [1.165, 1.54) is 0 Å². The van der Waals surface area contributed by atoms with Crippen LogP contribution in [0.1, 0.15) is 12.5 Å². The minimum Gasteiger partial charge on any atom is -0.457 e. The van der Waals surface area contributed by atoms with E-state index in [4.69, 9.17) is 4.74 Å². The maximum atomic E-state index is 13.0. The molecule has 8 heteroatoms. The van der Waals surface area contributed by atoms with Crippen LogP contribution in [0.2, 0.25) is 0 Å². The lowest BCUT2D eigenvalue weighted by Gasteiger charge is -2.22. The molecule has 0 spiro atoms. The molecule has 1 unspecified atom stereocenters. The molecule has 0 saturated carbocycles. The number of fused-ring (bicyclic) bond motifs is 1. The molecule has 8 nitrogen and oxygen atoms in total. The Bertz CT molecular complexity index is 1340. The number of H-pyrrole nitrogens is 1. The molecular weight excluding hydrogens is 442 g/mol. The van der Waals surface area contributed by atoms with Gasteiger partial charge in [-0.05, 0) is 55.0 Å². The van der Waals surface area contributed by atoms with Gasteiger partial charge in [-0.3, -0.25) is 4.79 Å². The smallest absolute Gasteiger partial charge is 0.319 e. The summed E-state index contributed by atoms with van der Waals surface area (Å²) in [6.07, 6.45) is 3.94. The van der Waals surface area contributed by atoms with E-state index in [9.17, 15) is 14.9 Å². The van der Waals surface area contributed by atoms with Gasteiger partial charge in [0.15, 0.2) is 6.19 Å². The van der Waals surface area contributed by atoms with Crippen molar-refractivity contribution in [2.24, 2.45) is 0 Å². The van der Waals surface area contributed by atoms with Gasteiger partial charge in [0, 0.05) is 35.8 Å². The number of carbonyl (C=O) groups excluding carboxylic acids is 2. The van der Waals surface area contributed by atoms with Crippen LogP contribution < -0.4 is 15.4 Å². The topological polar surface area (TPSA) is 110 Å². The summed E-state index contributed by atoms with van der Waals surface area (Å²) in [7, 11) is 0. The molecule has 1 heterocycles. The van der Waals surface area contributed by atoms with E-state index in [1.54, 1.807) is 31.2 Å². The van der Waals surface area contributed by atoms with Gasteiger partial charge >= 0.3 is 6.03 Å². The van der Waals surface area contributed by atoms with E-state index in [1.807, 2.05) is 67.0 Å². The quantitative estimate of drug-likeness (QED) is 0.250. The summed E-state index contributed by atoms with van der Waals surface area (Å²) in [5.74, 6) is 0.867. The van der Waals surface area contributed by atoms with Crippen molar-refractivity contribution in [1.82, 2.24) is 15.2 Å². The van der Waals surface area contributed by atoms with Crippen molar-refractivity contribution in [2.75, 3.05) is 11.9 Å². The van der Waals surface area contributed by atoms with Gasteiger partial charge in [-0.1, -0.05) is 36.4 Å². The van der Waals surface area contributed by atoms with E-state index in [0.717, 1.165) is 21.4 Å². The number of para-hydroxylation sites is 2. The summed E-state index contributed by atoms with van der Waals surface area (Å²) in [4.78, 5) is 30.0. The van der Waals surface area contributed by atoms with Gasteiger partial charge in [0.05, 0.1) is 0 Å². The number of aromatic nitrogens is 1. The molecule has 3 amide bonds. The molecule has 4 aromatic rings. The molecule has 0 bridgehead atoms. The fourth-order valence-electron chi connectivity index (χ4n) is 3.74. The SMILES string of the molecule is CCN(C#N)C(=O)C(Cc1c[nH]c2ccccc12)NC(=O)Nc1ccc(Oc2ccccc2)cc1. The number of nitrogens with zero attached hydrogens (tertiary/aromatic N) is 2. The minimum atomic E-state index is -0.922. The van der Waals surface area contributed by atoms with Gasteiger partial charge in [0.25, 0.3) is 5.91 Å². The second-order valence-electron chi connectivity index (χ2n) is 7.84. The summed E-state index contributed by atoms with van der Waals surface area (Å²) in [6.45, 7) is 1.93. The summed E-state index contributed by atoms with van der Waals surface area (Å²) >= 11 is 0. The second kappa shape index (κ2) is 10.9. The Hall–Kier alpha value is -4.77. The Balaban J connectivity index is 1.45. The van der Waals surface area contributed by atoms with Crippen molar-refractivity contribution in [3.05, 3.63) is 90.6 Å². The number of urea groups is 1. The predicted octanol–water partition coefficient (Wildman–Crippen LogP) is 5.02. The number of ether oxygens (including phenoxy) is 1. The van der Waals surface area contributed by atoms with Crippen molar-refractivity contribution in [2.45, 2.75) is 19.4 Å². The minimum absolute atomic E-state index is 0.214. The largest absolute Gasteiger partial charge is 0.457 e. The normalized spacial score (nSPS) is 11.3. The first kappa shape index (κ1) is 23.4. The standard InChI is InChI=1S/C27H25N5O3/c1-2-32(18-28)26(33)25(16-19-17-29-24-11-7-6-10-23(19)24)31-27(34)30-20-12-14-22(15-13-20)35-21-8-4-3-5-9-21/h3-15,17,25,29H,2,16H2,1H3,(H2,30,31,34). The number of amides is 3. The zero-order chi connectivity index (χ0) is 24.6. The van der Waals surface area contributed by atoms with Gasteiger partial charge in [-0.25, -0.2) is 9.69 Å². The van der Waals surface area contributed by atoms with Crippen molar-refractivity contribution in [3.63, 3.8) is 0 Å². The zero-order valence-electron chi connectivity index (χ0n) is 19.2. The number of carbonyl (C=O) groups is 2. The molecule has 176 valence electrons. The number of likely N-dealkylation sites (N-methyl/N-ethyl adjacent to an activating group) is 1. The highest BCUT2D eigenvalue weighted by molar-refractivity contribution is 5.94. The Morgan fingerprint density at radius 3 is 2.40 bits per heavy atom. The van der Waals surface area contributed by atoms with E-state index >= 15 is 0 Å². The number of nitrogens with one attached hydrogen (secondary N) is 3. The molecule has 0 fully saturated rings. The maximum Gasteiger partial charge on any atom is 0.319 e. The first-order chi connectivity index (χ1) is 17.1. The monoisotopic (exact) mass is 467 g/mol. The number of hydrogen-bond acceptors (Lipinski definition) is 4. The first-order valence-corrected chi connectivity index (χ1v) is 11.2. The van der Waals surface area contributed by atoms with Crippen LogP contribution in [-0.4, -0.2) is 34.4 Å². The Kier molecular flexibility index (Phi) is 7.28. The van der Waals surface area contributed by atoms with Crippen molar-refractivity contribution < 1.29 is 14.3 Å². The number of rotatable bonds is 8. The first-order valence-electron chi connectivity index (χ1n) is 11.2. The molecule has 3 N–H and O–H groups in total. The molecule has 0 aliphatic heterocycles. The molecule has 1 aromatic heterocycles. The fourth-order valence-corrected chi connectivity index (χ4v) is 3.74. The summed E-state index contributed by atoms with van der Waals surface area (Å²) in [6, 6.07) is 22.5. The number of hydrogen-bond donors (Lipinski definition) is 3. The molecule has 3 aromatic carbocycles. The third-order valence-electron chi connectivity index (χ3n) is 5.50. The van der Waals surface area contributed by atoms with E-state index in [2.05, 4.69) is 15.6 Å². The van der Waals surface area contributed by atoms with E-state index in [-0.39, 0.29) is 13.0 Å². The van der Waals surface area contributed by atoms with Crippen molar-refractivity contribution >= 4 is 28.5 Å². The highest BCUT2D eigenvalue weighted by Gasteiger charge is 2.26. The highest BCUT2D eigenvalue weighted by atomic mass is 16.5. The van der Waals surface area contributed by atoms with E-state index in [0.29, 0.717) is 17.2 Å². The molecule has 0 saturated heterocycles. The van der Waals surface area contributed by atoms with Crippen molar-refractivity contribution in [3.8, 4) is 17.7 Å². The van der Waals surface area contributed by atoms with Gasteiger partial charge in [0.2, 0.25) is 0 Å². The average molecular weight is 468 g/mol. The number of aromatic amines is 1. The maximum absolute atomic E-state index is 13.0. The lowest BCUT2D eigenvalue weighted by Crippen LogP contribution is -2.49. The second-order valence-corrected chi connectivity index (χ2v) is 7.84. The third kappa shape index (κ3) is 5.78.